The van der Waals surface area contributed by atoms with Crippen LogP contribution in [0.4, 0.5) is 0 Å². The molecule has 5 rings (SSSR count). The van der Waals surface area contributed by atoms with Crippen LogP contribution >= 0.6 is 0 Å². The van der Waals surface area contributed by atoms with E-state index in [9.17, 15) is 9.90 Å². The summed E-state index contributed by atoms with van der Waals surface area (Å²) in [6, 6.07) is 14.6. The number of Topliss-reactive ketones (excluding diaryl/α,β-unsaturated/α-hetero) is 1. The summed E-state index contributed by atoms with van der Waals surface area (Å²) in [6.45, 7) is 2.13. The highest BCUT2D eigenvalue weighted by Crippen LogP contribution is 2.58. The molecule has 3 aliphatic rings. The minimum atomic E-state index is 0.103. The van der Waals surface area contributed by atoms with Crippen molar-refractivity contribution in [3.8, 4) is 11.5 Å². The van der Waals surface area contributed by atoms with Crippen molar-refractivity contribution >= 4 is 5.78 Å². The molecule has 2 saturated carbocycles. The molecule has 0 spiro atoms. The molecule has 3 heteroatoms. The minimum Gasteiger partial charge on any atom is -0.508 e. The zero-order chi connectivity index (χ0) is 22.1. The van der Waals surface area contributed by atoms with Crippen LogP contribution in [0.1, 0.15) is 93.2 Å². The van der Waals surface area contributed by atoms with E-state index in [0.29, 0.717) is 35.7 Å². The summed E-state index contributed by atoms with van der Waals surface area (Å²) < 4.78 is 6.31. The number of carbonyl (C=O) groups excluding carboxylic acids is 1. The van der Waals surface area contributed by atoms with E-state index in [1.165, 1.54) is 36.8 Å². The van der Waals surface area contributed by atoms with Crippen molar-refractivity contribution < 1.29 is 14.6 Å². The van der Waals surface area contributed by atoms with Crippen LogP contribution in [0.15, 0.2) is 42.5 Å². The number of aromatic hydroxyl groups is 1. The molecule has 0 unspecified atom stereocenters. The lowest BCUT2D eigenvalue weighted by atomic mass is 9.55. The molecule has 32 heavy (non-hydrogen) atoms. The van der Waals surface area contributed by atoms with Gasteiger partial charge in [0, 0.05) is 24.5 Å². The first-order chi connectivity index (χ1) is 15.6. The number of ketones is 1. The molecule has 0 bridgehead atoms. The van der Waals surface area contributed by atoms with Gasteiger partial charge in [-0.25, -0.2) is 0 Å². The lowest BCUT2D eigenvalue weighted by molar-refractivity contribution is -0.122. The molecule has 1 N–H and O–H groups in total. The minimum absolute atomic E-state index is 0.103. The maximum Gasteiger partial charge on any atom is 0.133 e. The van der Waals surface area contributed by atoms with E-state index in [-0.39, 0.29) is 12.0 Å². The molecule has 0 aliphatic heterocycles. The topological polar surface area (TPSA) is 46.5 Å². The largest absolute Gasteiger partial charge is 0.508 e. The lowest BCUT2D eigenvalue weighted by Crippen LogP contribution is -2.38. The van der Waals surface area contributed by atoms with Gasteiger partial charge in [0.05, 0.1) is 6.10 Å². The third-order valence-corrected chi connectivity index (χ3v) is 8.28. The first-order valence-corrected chi connectivity index (χ1v) is 12.7. The number of benzene rings is 2. The van der Waals surface area contributed by atoms with Crippen LogP contribution in [0.2, 0.25) is 0 Å². The number of hydrogen-bond acceptors (Lipinski definition) is 3. The van der Waals surface area contributed by atoms with E-state index in [1.54, 1.807) is 0 Å². The molecule has 0 amide bonds. The van der Waals surface area contributed by atoms with E-state index >= 15 is 0 Å². The summed E-state index contributed by atoms with van der Waals surface area (Å²) in [5.74, 6) is 3.42. The molecular weight excluding hydrogens is 396 g/mol. The highest BCUT2D eigenvalue weighted by molar-refractivity contribution is 5.81. The summed E-state index contributed by atoms with van der Waals surface area (Å²) in [4.78, 5) is 12.3. The molecule has 5 atom stereocenters. The Morgan fingerprint density at radius 1 is 1.03 bits per heavy atom. The summed E-state index contributed by atoms with van der Waals surface area (Å²) in [7, 11) is 0. The smallest absolute Gasteiger partial charge is 0.133 e. The average Bonchev–Trinajstić information content (AvgIpc) is 2.79. The Hall–Kier alpha value is -2.29. The van der Waals surface area contributed by atoms with Crippen molar-refractivity contribution in [3.63, 3.8) is 0 Å². The molecule has 0 saturated heterocycles. The number of ether oxygens (including phenoxy) is 1. The Morgan fingerprint density at radius 3 is 2.66 bits per heavy atom. The molecule has 2 fully saturated rings. The molecule has 2 aromatic carbocycles. The van der Waals surface area contributed by atoms with Crippen molar-refractivity contribution in [2.75, 3.05) is 0 Å². The van der Waals surface area contributed by atoms with Gasteiger partial charge in [-0.3, -0.25) is 4.79 Å². The van der Waals surface area contributed by atoms with Gasteiger partial charge < -0.3 is 9.84 Å². The van der Waals surface area contributed by atoms with Crippen LogP contribution < -0.4 is 4.74 Å². The van der Waals surface area contributed by atoms with Gasteiger partial charge in [0.1, 0.15) is 17.3 Å². The third kappa shape index (κ3) is 4.31. The molecule has 2 aromatic rings. The van der Waals surface area contributed by atoms with Crippen LogP contribution in [0.25, 0.3) is 0 Å². The van der Waals surface area contributed by atoms with Gasteiger partial charge in [-0.05, 0) is 86.3 Å². The number of carbonyl (C=O) groups is 1. The molecular formula is C29H36O3. The predicted octanol–water partition coefficient (Wildman–Crippen LogP) is 6.92. The highest BCUT2D eigenvalue weighted by atomic mass is 16.5. The number of rotatable bonds is 6. The first-order valence-electron chi connectivity index (χ1n) is 12.7. The van der Waals surface area contributed by atoms with Gasteiger partial charge >= 0.3 is 0 Å². The van der Waals surface area contributed by atoms with Crippen molar-refractivity contribution in [1.29, 1.82) is 0 Å². The maximum absolute atomic E-state index is 12.3. The van der Waals surface area contributed by atoms with E-state index in [2.05, 4.69) is 43.3 Å². The number of phenolic OH excluding ortho intramolecular Hbond substituents is 1. The first kappa shape index (κ1) is 21.6. The van der Waals surface area contributed by atoms with Gasteiger partial charge in [-0.2, -0.15) is 0 Å². The predicted molar refractivity (Wildman–Crippen MR) is 127 cm³/mol. The monoisotopic (exact) mass is 432 g/mol. The summed E-state index contributed by atoms with van der Waals surface area (Å²) in [5, 5.41) is 11.1. The molecule has 0 aromatic heterocycles. The highest BCUT2D eigenvalue weighted by Gasteiger charge is 2.47. The van der Waals surface area contributed by atoms with E-state index in [0.717, 1.165) is 43.4 Å². The van der Waals surface area contributed by atoms with Crippen molar-refractivity contribution in [1.82, 2.24) is 0 Å². The standard InChI is InChI=1S/C29H36O3/c1-19(8-7-11-20-9-3-2-4-10-20)32-22-17-27-24-13-6-5-12-23(24)25-15-14-21(30)16-26(25)29(27)28(31)18-22/h2-4,9-10,17-19,23-26,31H,5-8,11-16H2,1H3/t19-,23-,24+,25+,26-/m1/s1. The van der Waals surface area contributed by atoms with Gasteiger partial charge in [0.2, 0.25) is 0 Å². The van der Waals surface area contributed by atoms with E-state index in [4.69, 9.17) is 4.74 Å². The normalized spacial score (nSPS) is 27.7. The fourth-order valence-corrected chi connectivity index (χ4v) is 6.86. The Kier molecular flexibility index (Phi) is 6.26. The summed E-state index contributed by atoms with van der Waals surface area (Å²) >= 11 is 0. The van der Waals surface area contributed by atoms with Crippen LogP contribution in [-0.2, 0) is 11.2 Å². The zero-order valence-corrected chi connectivity index (χ0v) is 19.3. The van der Waals surface area contributed by atoms with Gasteiger partial charge in [-0.15, -0.1) is 0 Å². The van der Waals surface area contributed by atoms with Crippen molar-refractivity contribution in [3.05, 3.63) is 59.2 Å². The molecule has 3 nitrogen and oxygen atoms in total. The van der Waals surface area contributed by atoms with E-state index in [1.807, 2.05) is 6.07 Å². The Balaban J connectivity index is 1.33. The SMILES string of the molecule is C[C@H](CCCc1ccccc1)Oc1cc(O)c2c(c1)[C@H]1CCCC[C@H]1[C@@H]1CCC(=O)C[C@@H]21. The lowest BCUT2D eigenvalue weighted by Gasteiger charge is -2.48. The fraction of sp³-hybridized carbons (Fsp3) is 0.552. The van der Waals surface area contributed by atoms with E-state index < -0.39 is 0 Å². The summed E-state index contributed by atoms with van der Waals surface area (Å²) in [5.41, 5.74) is 3.71. The Labute approximate surface area is 192 Å². The van der Waals surface area contributed by atoms with Gasteiger partial charge in [0.25, 0.3) is 0 Å². The molecule has 0 heterocycles. The fourth-order valence-electron chi connectivity index (χ4n) is 6.86. The summed E-state index contributed by atoms with van der Waals surface area (Å²) in [6.07, 6.45) is 10.6. The second-order valence-electron chi connectivity index (χ2n) is 10.4. The third-order valence-electron chi connectivity index (χ3n) is 8.28. The number of hydrogen-bond donors (Lipinski definition) is 1. The average molecular weight is 433 g/mol. The van der Waals surface area contributed by atoms with Gasteiger partial charge in [-0.1, -0.05) is 43.2 Å². The molecule has 0 radical (unpaired) electrons. The van der Waals surface area contributed by atoms with Gasteiger partial charge in [0.15, 0.2) is 0 Å². The van der Waals surface area contributed by atoms with Crippen molar-refractivity contribution in [2.24, 2.45) is 11.8 Å². The molecule has 3 aliphatic carbocycles. The number of fused-ring (bicyclic) bond motifs is 6. The molecule has 170 valence electrons. The second-order valence-corrected chi connectivity index (χ2v) is 10.4. The Morgan fingerprint density at radius 2 is 1.81 bits per heavy atom. The quantitative estimate of drug-likeness (QED) is 0.539. The Bertz CT molecular complexity index is 950. The van der Waals surface area contributed by atoms with Crippen LogP contribution in [0.3, 0.4) is 0 Å². The van der Waals surface area contributed by atoms with Crippen LogP contribution in [-0.4, -0.2) is 17.0 Å². The zero-order valence-electron chi connectivity index (χ0n) is 19.3. The van der Waals surface area contributed by atoms with Crippen LogP contribution in [0, 0.1) is 11.8 Å². The van der Waals surface area contributed by atoms with Crippen molar-refractivity contribution in [2.45, 2.75) is 89.1 Å². The maximum atomic E-state index is 12.3. The second kappa shape index (κ2) is 9.29. The number of phenols is 1. The van der Waals surface area contributed by atoms with Crippen LogP contribution in [0.5, 0.6) is 11.5 Å². The number of aryl methyl sites for hydroxylation is 1.